The number of hydrogen-bond acceptors (Lipinski definition) is 5. The number of nitrogens with zero attached hydrogens (tertiary/aromatic N) is 2. The SMILES string of the molecule is COc1ccccc1CNc1nnc(CCCl)o1. The van der Waals surface area contributed by atoms with Gasteiger partial charge in [0.05, 0.1) is 7.11 Å². The molecule has 0 saturated heterocycles. The van der Waals surface area contributed by atoms with Crippen LogP contribution in [-0.2, 0) is 13.0 Å². The van der Waals surface area contributed by atoms with E-state index in [0.717, 1.165) is 11.3 Å². The molecular formula is C12H14ClN3O2. The summed E-state index contributed by atoms with van der Waals surface area (Å²) in [6.45, 7) is 0.562. The quantitative estimate of drug-likeness (QED) is 0.815. The van der Waals surface area contributed by atoms with Crippen LogP contribution in [0, 0.1) is 0 Å². The third-order valence-electron chi connectivity index (χ3n) is 2.40. The number of halogens is 1. The van der Waals surface area contributed by atoms with E-state index in [-0.39, 0.29) is 0 Å². The maximum atomic E-state index is 5.59. The van der Waals surface area contributed by atoms with Crippen LogP contribution in [0.2, 0.25) is 0 Å². The van der Waals surface area contributed by atoms with Crippen molar-refractivity contribution in [3.8, 4) is 5.75 Å². The zero-order chi connectivity index (χ0) is 12.8. The summed E-state index contributed by atoms with van der Waals surface area (Å²) < 4.78 is 10.6. The normalized spacial score (nSPS) is 10.3. The van der Waals surface area contributed by atoms with E-state index in [1.54, 1.807) is 7.11 Å². The molecule has 6 heteroatoms. The van der Waals surface area contributed by atoms with Gasteiger partial charge in [0.2, 0.25) is 5.89 Å². The molecule has 0 aliphatic rings. The fraction of sp³-hybridized carbons (Fsp3) is 0.333. The van der Waals surface area contributed by atoms with Gasteiger partial charge < -0.3 is 14.5 Å². The molecule has 5 nitrogen and oxygen atoms in total. The van der Waals surface area contributed by atoms with Crippen molar-refractivity contribution in [3.05, 3.63) is 35.7 Å². The summed E-state index contributed by atoms with van der Waals surface area (Å²) in [6.07, 6.45) is 0.574. The Kier molecular flexibility index (Phi) is 4.41. The Morgan fingerprint density at radius 3 is 2.94 bits per heavy atom. The predicted molar refractivity (Wildman–Crippen MR) is 69.0 cm³/mol. The molecule has 18 heavy (non-hydrogen) atoms. The van der Waals surface area contributed by atoms with Gasteiger partial charge in [0.15, 0.2) is 0 Å². The molecule has 1 N–H and O–H groups in total. The van der Waals surface area contributed by atoms with E-state index < -0.39 is 0 Å². The van der Waals surface area contributed by atoms with Crippen molar-refractivity contribution in [1.82, 2.24) is 10.2 Å². The maximum absolute atomic E-state index is 5.59. The zero-order valence-corrected chi connectivity index (χ0v) is 10.8. The van der Waals surface area contributed by atoms with E-state index in [9.17, 15) is 0 Å². The van der Waals surface area contributed by atoms with E-state index in [1.165, 1.54) is 0 Å². The number of anilines is 1. The number of aryl methyl sites for hydroxylation is 1. The summed E-state index contributed by atoms with van der Waals surface area (Å²) in [7, 11) is 1.64. The first-order valence-corrected chi connectivity index (χ1v) is 6.11. The minimum absolute atomic E-state index is 0.390. The summed E-state index contributed by atoms with van der Waals surface area (Å²) in [6, 6.07) is 8.15. The molecule has 1 heterocycles. The van der Waals surface area contributed by atoms with Crippen LogP contribution in [-0.4, -0.2) is 23.2 Å². The van der Waals surface area contributed by atoms with Crippen LogP contribution in [0.3, 0.4) is 0 Å². The van der Waals surface area contributed by atoms with Crippen LogP contribution in [0.1, 0.15) is 11.5 Å². The molecule has 1 aromatic carbocycles. The number of para-hydroxylation sites is 1. The molecule has 2 aromatic rings. The van der Waals surface area contributed by atoms with E-state index in [4.69, 9.17) is 20.8 Å². The molecule has 0 bridgehead atoms. The second-order valence-corrected chi connectivity index (χ2v) is 3.98. The number of ether oxygens (including phenoxy) is 1. The van der Waals surface area contributed by atoms with Gasteiger partial charge >= 0.3 is 6.01 Å². The highest BCUT2D eigenvalue weighted by Crippen LogP contribution is 2.18. The van der Waals surface area contributed by atoms with Gasteiger partial charge in [0.1, 0.15) is 5.75 Å². The Balaban J connectivity index is 1.97. The standard InChI is InChI=1S/C12H14ClN3O2/c1-17-10-5-3-2-4-9(10)8-14-12-16-15-11(18-12)6-7-13/h2-5H,6-8H2,1H3,(H,14,16). The monoisotopic (exact) mass is 267 g/mol. The fourth-order valence-corrected chi connectivity index (χ4v) is 1.69. The fourth-order valence-electron chi connectivity index (χ4n) is 1.53. The van der Waals surface area contributed by atoms with E-state index >= 15 is 0 Å². The largest absolute Gasteiger partial charge is 0.496 e. The molecule has 0 amide bonds. The number of alkyl halides is 1. The average Bonchev–Trinajstić information content (AvgIpc) is 2.85. The second-order valence-electron chi connectivity index (χ2n) is 3.61. The van der Waals surface area contributed by atoms with Crippen molar-refractivity contribution >= 4 is 17.6 Å². The number of hydrogen-bond donors (Lipinski definition) is 1. The van der Waals surface area contributed by atoms with Crippen LogP contribution < -0.4 is 10.1 Å². The summed E-state index contributed by atoms with van der Waals surface area (Å²) in [5.41, 5.74) is 1.03. The number of benzene rings is 1. The smallest absolute Gasteiger partial charge is 0.315 e. The molecular weight excluding hydrogens is 254 g/mol. The van der Waals surface area contributed by atoms with E-state index in [2.05, 4.69) is 15.5 Å². The van der Waals surface area contributed by atoms with Crippen molar-refractivity contribution in [2.24, 2.45) is 0 Å². The number of methoxy groups -OCH3 is 1. The summed E-state index contributed by atoms with van der Waals surface area (Å²) in [5.74, 6) is 1.83. The van der Waals surface area contributed by atoms with Gasteiger partial charge in [-0.3, -0.25) is 0 Å². The lowest BCUT2D eigenvalue weighted by molar-refractivity contribution is 0.410. The van der Waals surface area contributed by atoms with Crippen LogP contribution in [0.4, 0.5) is 6.01 Å². The van der Waals surface area contributed by atoms with Crippen molar-refractivity contribution in [1.29, 1.82) is 0 Å². The highest BCUT2D eigenvalue weighted by atomic mass is 35.5. The molecule has 0 unspecified atom stereocenters. The van der Waals surface area contributed by atoms with E-state index in [1.807, 2.05) is 24.3 Å². The summed E-state index contributed by atoms with van der Waals surface area (Å²) in [5, 5.41) is 10.8. The van der Waals surface area contributed by atoms with Crippen LogP contribution in [0.15, 0.2) is 28.7 Å². The summed E-state index contributed by atoms with van der Waals surface area (Å²) >= 11 is 5.59. The molecule has 0 spiro atoms. The molecule has 0 atom stereocenters. The molecule has 0 aliphatic carbocycles. The topological polar surface area (TPSA) is 60.2 Å². The molecule has 0 fully saturated rings. The Hall–Kier alpha value is -1.75. The van der Waals surface area contributed by atoms with Gasteiger partial charge in [-0.15, -0.1) is 16.7 Å². The third-order valence-corrected chi connectivity index (χ3v) is 2.59. The lowest BCUT2D eigenvalue weighted by Gasteiger charge is -2.07. The van der Waals surface area contributed by atoms with Gasteiger partial charge in [-0.1, -0.05) is 23.3 Å². The van der Waals surface area contributed by atoms with Gasteiger partial charge in [-0.2, -0.15) is 0 Å². The van der Waals surface area contributed by atoms with Crippen molar-refractivity contribution in [2.45, 2.75) is 13.0 Å². The van der Waals surface area contributed by atoms with Crippen LogP contribution >= 0.6 is 11.6 Å². The van der Waals surface area contributed by atoms with Gasteiger partial charge in [-0.25, -0.2) is 0 Å². The lowest BCUT2D eigenvalue weighted by Crippen LogP contribution is -2.01. The lowest BCUT2D eigenvalue weighted by atomic mass is 10.2. The molecule has 0 saturated carbocycles. The number of aromatic nitrogens is 2. The first kappa shape index (κ1) is 12.7. The second kappa shape index (κ2) is 6.26. The molecule has 96 valence electrons. The first-order valence-electron chi connectivity index (χ1n) is 5.57. The Bertz CT molecular complexity index is 502. The van der Waals surface area contributed by atoms with Gasteiger partial charge in [0.25, 0.3) is 0 Å². The third kappa shape index (κ3) is 3.13. The number of nitrogens with one attached hydrogen (secondary N) is 1. The Morgan fingerprint density at radius 1 is 1.33 bits per heavy atom. The highest BCUT2D eigenvalue weighted by Gasteiger charge is 2.06. The zero-order valence-electron chi connectivity index (χ0n) is 10.0. The maximum Gasteiger partial charge on any atom is 0.315 e. The van der Waals surface area contributed by atoms with Crippen molar-refractivity contribution in [2.75, 3.05) is 18.3 Å². The molecule has 1 aromatic heterocycles. The number of rotatable bonds is 6. The first-order chi connectivity index (χ1) is 8.83. The summed E-state index contributed by atoms with van der Waals surface area (Å²) in [4.78, 5) is 0. The Labute approximate surface area is 110 Å². The average molecular weight is 268 g/mol. The van der Waals surface area contributed by atoms with Crippen LogP contribution in [0.5, 0.6) is 5.75 Å². The molecule has 0 radical (unpaired) electrons. The minimum atomic E-state index is 0.390. The van der Waals surface area contributed by atoms with Gasteiger partial charge in [0, 0.05) is 24.4 Å². The predicted octanol–water partition coefficient (Wildman–Crippen LogP) is 2.47. The van der Waals surface area contributed by atoms with Crippen LogP contribution in [0.25, 0.3) is 0 Å². The molecule has 0 aliphatic heterocycles. The highest BCUT2D eigenvalue weighted by molar-refractivity contribution is 6.17. The molecule has 2 rings (SSSR count). The van der Waals surface area contributed by atoms with Crippen molar-refractivity contribution < 1.29 is 9.15 Å². The minimum Gasteiger partial charge on any atom is -0.496 e. The van der Waals surface area contributed by atoms with E-state index in [0.29, 0.717) is 30.8 Å². The Morgan fingerprint density at radius 2 is 2.17 bits per heavy atom. The van der Waals surface area contributed by atoms with Crippen molar-refractivity contribution in [3.63, 3.8) is 0 Å². The van der Waals surface area contributed by atoms with Gasteiger partial charge in [-0.05, 0) is 6.07 Å².